The summed E-state index contributed by atoms with van der Waals surface area (Å²) in [6, 6.07) is 8.16. The Morgan fingerprint density at radius 3 is 2.41 bits per heavy atom. The highest BCUT2D eigenvalue weighted by molar-refractivity contribution is 5.80. The number of hydrogen-bond acceptors (Lipinski definition) is 5. The molecule has 1 aromatic rings. The first kappa shape index (κ1) is 22.4. The van der Waals surface area contributed by atoms with Gasteiger partial charge in [0.15, 0.2) is 0 Å². The minimum absolute atomic E-state index is 0.0773. The van der Waals surface area contributed by atoms with E-state index in [1.54, 1.807) is 6.92 Å². The van der Waals surface area contributed by atoms with Gasteiger partial charge in [-0.15, -0.1) is 0 Å². The number of rotatable bonds is 11. The van der Waals surface area contributed by atoms with Gasteiger partial charge in [-0.3, -0.25) is 9.69 Å². The van der Waals surface area contributed by atoms with Crippen LogP contribution in [0.2, 0.25) is 0 Å². The number of carboxylic acid groups (broad SMARTS) is 1. The van der Waals surface area contributed by atoms with Crippen molar-refractivity contribution in [3.05, 3.63) is 35.9 Å². The second-order valence-electron chi connectivity index (χ2n) is 6.14. The number of ether oxygens (including phenoxy) is 1. The van der Waals surface area contributed by atoms with Gasteiger partial charge in [-0.1, -0.05) is 30.3 Å². The Morgan fingerprint density at radius 2 is 1.85 bits per heavy atom. The van der Waals surface area contributed by atoms with Crippen molar-refractivity contribution in [1.82, 2.24) is 10.2 Å². The molecule has 0 saturated heterocycles. The molecule has 0 aliphatic rings. The fourth-order valence-electron chi connectivity index (χ4n) is 2.51. The summed E-state index contributed by atoms with van der Waals surface area (Å²) in [5, 5.41) is 21.1. The van der Waals surface area contributed by atoms with Crippen LogP contribution in [0.4, 0.5) is 4.79 Å². The van der Waals surface area contributed by atoms with E-state index < -0.39 is 30.1 Å². The Balaban J connectivity index is 2.50. The molecule has 150 valence electrons. The molecule has 0 aliphatic heterocycles. The molecule has 0 radical (unpaired) electrons. The summed E-state index contributed by atoms with van der Waals surface area (Å²) in [7, 11) is 0. The standard InChI is InChI=1S/C19H28N2O6/c1-3-21(19(26)27-13-15-9-5-4-6-10-15)16(18(24)25)11-7-8-12-20-17(23)14(2)22/h4-6,9-10,14,16,22H,3,7-8,11-13H2,1-2H3,(H,20,23)(H,24,25)/t14-,16-/m0/s1. The molecular formula is C19H28N2O6. The van der Waals surface area contributed by atoms with Crippen molar-refractivity contribution in [2.45, 2.75) is 51.9 Å². The van der Waals surface area contributed by atoms with Crippen molar-refractivity contribution in [3.63, 3.8) is 0 Å². The van der Waals surface area contributed by atoms with Gasteiger partial charge in [0, 0.05) is 13.1 Å². The largest absolute Gasteiger partial charge is 0.480 e. The lowest BCUT2D eigenvalue weighted by Crippen LogP contribution is -2.45. The quantitative estimate of drug-likeness (QED) is 0.504. The fourth-order valence-corrected chi connectivity index (χ4v) is 2.51. The molecule has 8 heteroatoms. The van der Waals surface area contributed by atoms with Crippen LogP contribution in [0.25, 0.3) is 0 Å². The third-order valence-electron chi connectivity index (χ3n) is 4.02. The number of carbonyl (C=O) groups is 3. The van der Waals surface area contributed by atoms with Crippen molar-refractivity contribution in [2.75, 3.05) is 13.1 Å². The highest BCUT2D eigenvalue weighted by Gasteiger charge is 2.29. The van der Waals surface area contributed by atoms with E-state index in [4.69, 9.17) is 9.84 Å². The molecule has 1 aromatic carbocycles. The zero-order valence-electron chi connectivity index (χ0n) is 15.8. The van der Waals surface area contributed by atoms with Gasteiger partial charge in [-0.2, -0.15) is 0 Å². The lowest BCUT2D eigenvalue weighted by atomic mass is 10.1. The average Bonchev–Trinajstić information content (AvgIpc) is 2.65. The van der Waals surface area contributed by atoms with E-state index in [0.717, 1.165) is 5.56 Å². The summed E-state index contributed by atoms with van der Waals surface area (Å²) in [6.45, 7) is 3.69. The maximum absolute atomic E-state index is 12.3. The van der Waals surface area contributed by atoms with Crippen molar-refractivity contribution in [1.29, 1.82) is 0 Å². The van der Waals surface area contributed by atoms with Gasteiger partial charge < -0.3 is 20.3 Å². The van der Waals surface area contributed by atoms with Crippen LogP contribution in [-0.4, -0.2) is 58.3 Å². The van der Waals surface area contributed by atoms with Gasteiger partial charge in [0.2, 0.25) is 5.91 Å². The van der Waals surface area contributed by atoms with Crippen LogP contribution in [0, 0.1) is 0 Å². The highest BCUT2D eigenvalue weighted by Crippen LogP contribution is 2.12. The Bertz CT molecular complexity index is 605. The maximum Gasteiger partial charge on any atom is 0.410 e. The predicted molar refractivity (Wildman–Crippen MR) is 99.0 cm³/mol. The van der Waals surface area contributed by atoms with E-state index in [-0.39, 0.29) is 19.6 Å². The van der Waals surface area contributed by atoms with Gasteiger partial charge >= 0.3 is 12.1 Å². The predicted octanol–water partition coefficient (Wildman–Crippen LogP) is 1.77. The average molecular weight is 380 g/mol. The van der Waals surface area contributed by atoms with Gasteiger partial charge in [-0.05, 0) is 38.7 Å². The molecule has 0 aromatic heterocycles. The first-order chi connectivity index (χ1) is 12.9. The molecule has 2 amide bonds. The van der Waals surface area contributed by atoms with Crippen molar-refractivity contribution in [3.8, 4) is 0 Å². The SMILES string of the molecule is CCN(C(=O)OCc1ccccc1)[C@@H](CCCCNC(=O)[C@H](C)O)C(=O)O. The van der Waals surface area contributed by atoms with E-state index >= 15 is 0 Å². The van der Waals surface area contributed by atoms with E-state index in [1.807, 2.05) is 30.3 Å². The Kier molecular flexibility index (Phi) is 9.89. The molecular weight excluding hydrogens is 352 g/mol. The van der Waals surface area contributed by atoms with Crippen LogP contribution in [0.15, 0.2) is 30.3 Å². The molecule has 2 atom stereocenters. The number of nitrogens with one attached hydrogen (secondary N) is 1. The van der Waals surface area contributed by atoms with Crippen molar-refractivity contribution < 1.29 is 29.3 Å². The second-order valence-corrected chi connectivity index (χ2v) is 6.14. The van der Waals surface area contributed by atoms with Gasteiger partial charge in [0.1, 0.15) is 18.8 Å². The second kappa shape index (κ2) is 11.9. The molecule has 0 bridgehead atoms. The summed E-state index contributed by atoms with van der Waals surface area (Å²) >= 11 is 0. The van der Waals surface area contributed by atoms with Gasteiger partial charge in [0.25, 0.3) is 0 Å². The van der Waals surface area contributed by atoms with E-state index in [0.29, 0.717) is 19.4 Å². The number of carbonyl (C=O) groups excluding carboxylic acids is 2. The third-order valence-corrected chi connectivity index (χ3v) is 4.02. The zero-order chi connectivity index (χ0) is 20.2. The van der Waals surface area contributed by atoms with Crippen LogP contribution in [-0.2, 0) is 20.9 Å². The lowest BCUT2D eigenvalue weighted by Gasteiger charge is -2.27. The minimum atomic E-state index is -1.10. The van der Waals surface area contributed by atoms with Crippen LogP contribution in [0.1, 0.15) is 38.7 Å². The maximum atomic E-state index is 12.3. The summed E-state index contributed by atoms with van der Waals surface area (Å²) in [4.78, 5) is 36.3. The zero-order valence-corrected chi connectivity index (χ0v) is 15.8. The minimum Gasteiger partial charge on any atom is -0.480 e. The molecule has 27 heavy (non-hydrogen) atoms. The molecule has 1 rings (SSSR count). The number of aliphatic hydroxyl groups excluding tert-OH is 1. The van der Waals surface area contributed by atoms with Crippen LogP contribution in [0.5, 0.6) is 0 Å². The number of unbranched alkanes of at least 4 members (excludes halogenated alkanes) is 1. The highest BCUT2D eigenvalue weighted by atomic mass is 16.6. The fraction of sp³-hybridized carbons (Fsp3) is 0.526. The number of amides is 2. The molecule has 0 heterocycles. The molecule has 0 saturated carbocycles. The normalized spacial score (nSPS) is 12.7. The number of benzene rings is 1. The topological polar surface area (TPSA) is 116 Å². The first-order valence-electron chi connectivity index (χ1n) is 9.02. The number of carboxylic acids is 1. The number of aliphatic hydroxyl groups is 1. The molecule has 3 N–H and O–H groups in total. The van der Waals surface area contributed by atoms with Gasteiger partial charge in [-0.25, -0.2) is 9.59 Å². The number of nitrogens with zero attached hydrogens (tertiary/aromatic N) is 1. The van der Waals surface area contributed by atoms with Crippen LogP contribution < -0.4 is 5.32 Å². The smallest absolute Gasteiger partial charge is 0.410 e. The van der Waals surface area contributed by atoms with E-state index in [1.165, 1.54) is 11.8 Å². The van der Waals surface area contributed by atoms with E-state index in [2.05, 4.69) is 5.32 Å². The lowest BCUT2D eigenvalue weighted by molar-refractivity contribution is -0.143. The Hall–Kier alpha value is -2.61. The van der Waals surface area contributed by atoms with Crippen molar-refractivity contribution >= 4 is 18.0 Å². The molecule has 0 spiro atoms. The molecule has 8 nitrogen and oxygen atoms in total. The van der Waals surface area contributed by atoms with Gasteiger partial charge in [0.05, 0.1) is 0 Å². The molecule has 0 unspecified atom stereocenters. The Morgan fingerprint density at radius 1 is 1.19 bits per heavy atom. The number of likely N-dealkylation sites (N-methyl/N-ethyl adjacent to an activating group) is 1. The summed E-state index contributed by atoms with van der Waals surface area (Å²) in [5.41, 5.74) is 0.822. The Labute approximate surface area is 159 Å². The summed E-state index contributed by atoms with van der Waals surface area (Å²) in [6.07, 6.45) is -0.463. The third kappa shape index (κ3) is 8.08. The first-order valence-corrected chi connectivity index (χ1v) is 9.02. The summed E-state index contributed by atoms with van der Waals surface area (Å²) < 4.78 is 5.24. The van der Waals surface area contributed by atoms with Crippen LogP contribution >= 0.6 is 0 Å². The van der Waals surface area contributed by atoms with Crippen molar-refractivity contribution in [2.24, 2.45) is 0 Å². The van der Waals surface area contributed by atoms with E-state index in [9.17, 15) is 19.5 Å². The van der Waals surface area contributed by atoms with Crippen LogP contribution in [0.3, 0.4) is 0 Å². The number of hydrogen-bond donors (Lipinski definition) is 3. The summed E-state index contributed by atoms with van der Waals surface area (Å²) in [5.74, 6) is -1.56. The molecule has 0 aliphatic carbocycles. The number of aliphatic carboxylic acids is 1. The monoisotopic (exact) mass is 380 g/mol. The molecule has 0 fully saturated rings.